The van der Waals surface area contributed by atoms with E-state index >= 15 is 0 Å². The van der Waals surface area contributed by atoms with Crippen molar-refractivity contribution >= 4 is 29.1 Å². The molecule has 0 aromatic heterocycles. The van der Waals surface area contributed by atoms with Crippen LogP contribution in [-0.2, 0) is 19.1 Å². The molecular formula is C7H9ClO4. The van der Waals surface area contributed by atoms with Crippen LogP contribution in [0, 0.1) is 0 Å². The standard InChI is InChI=1S/C7H9ClO4/c1-4(9)3-6(11)12-7(8)5(2)10/h7H,3H2,1-2H3. The summed E-state index contributed by atoms with van der Waals surface area (Å²) in [4.78, 5) is 31.5. The second kappa shape index (κ2) is 4.87. The van der Waals surface area contributed by atoms with Gasteiger partial charge in [0.1, 0.15) is 12.2 Å². The molecule has 0 aromatic carbocycles. The van der Waals surface area contributed by atoms with Gasteiger partial charge >= 0.3 is 5.97 Å². The van der Waals surface area contributed by atoms with E-state index in [2.05, 4.69) is 4.74 Å². The summed E-state index contributed by atoms with van der Waals surface area (Å²) in [6.07, 6.45) is -0.351. The van der Waals surface area contributed by atoms with Gasteiger partial charge in [0.05, 0.1) is 0 Å². The number of ether oxygens (including phenoxy) is 1. The lowest BCUT2D eigenvalue weighted by atomic mass is 10.3. The molecule has 0 aromatic rings. The zero-order chi connectivity index (χ0) is 9.72. The molecule has 0 aliphatic heterocycles. The molecule has 0 rings (SSSR count). The Morgan fingerprint density at radius 3 is 2.17 bits per heavy atom. The molecule has 0 bridgehead atoms. The van der Waals surface area contributed by atoms with Crippen molar-refractivity contribution < 1.29 is 19.1 Å². The highest BCUT2D eigenvalue weighted by Gasteiger charge is 2.16. The quantitative estimate of drug-likeness (QED) is 0.373. The summed E-state index contributed by atoms with van der Waals surface area (Å²) in [5.41, 5.74) is -1.28. The first-order chi connectivity index (χ1) is 5.43. The summed E-state index contributed by atoms with van der Waals surface area (Å²) in [6.45, 7) is 2.44. The highest BCUT2D eigenvalue weighted by molar-refractivity contribution is 6.30. The summed E-state index contributed by atoms with van der Waals surface area (Å²) < 4.78 is 4.38. The van der Waals surface area contributed by atoms with Gasteiger partial charge in [-0.25, -0.2) is 0 Å². The van der Waals surface area contributed by atoms with Crippen molar-refractivity contribution in [2.45, 2.75) is 25.8 Å². The summed E-state index contributed by atoms with van der Waals surface area (Å²) >= 11 is 5.29. The lowest BCUT2D eigenvalue weighted by Crippen LogP contribution is -2.20. The fraction of sp³-hybridized carbons (Fsp3) is 0.571. The maximum absolute atomic E-state index is 10.7. The van der Waals surface area contributed by atoms with E-state index < -0.39 is 17.3 Å². The number of ketones is 2. The van der Waals surface area contributed by atoms with Crippen molar-refractivity contribution in [2.24, 2.45) is 0 Å². The molecule has 1 unspecified atom stereocenters. The van der Waals surface area contributed by atoms with E-state index in [4.69, 9.17) is 11.6 Å². The number of alkyl halides is 1. The molecule has 0 radical (unpaired) electrons. The molecule has 0 saturated carbocycles. The number of rotatable bonds is 4. The first-order valence-electron chi connectivity index (χ1n) is 3.27. The van der Waals surface area contributed by atoms with Gasteiger partial charge in [-0.15, -0.1) is 0 Å². The lowest BCUT2D eigenvalue weighted by Gasteiger charge is -2.05. The van der Waals surface area contributed by atoms with Crippen molar-refractivity contribution in [2.75, 3.05) is 0 Å². The monoisotopic (exact) mass is 192 g/mol. The number of carbonyl (C=O) groups excluding carboxylic acids is 3. The van der Waals surface area contributed by atoms with Crippen LogP contribution in [0.3, 0.4) is 0 Å². The number of carbonyl (C=O) groups is 3. The van der Waals surface area contributed by atoms with E-state index in [1.165, 1.54) is 13.8 Å². The van der Waals surface area contributed by atoms with Gasteiger partial charge in [-0.2, -0.15) is 0 Å². The highest BCUT2D eigenvalue weighted by Crippen LogP contribution is 2.01. The summed E-state index contributed by atoms with van der Waals surface area (Å²) in [7, 11) is 0. The minimum absolute atomic E-state index is 0.326. The first-order valence-corrected chi connectivity index (χ1v) is 3.70. The largest absolute Gasteiger partial charge is 0.438 e. The number of esters is 1. The molecule has 0 aliphatic carbocycles. The van der Waals surface area contributed by atoms with E-state index in [-0.39, 0.29) is 12.2 Å². The van der Waals surface area contributed by atoms with Crippen LogP contribution in [0.5, 0.6) is 0 Å². The molecular weight excluding hydrogens is 184 g/mol. The normalized spacial score (nSPS) is 11.9. The van der Waals surface area contributed by atoms with Crippen molar-refractivity contribution in [3.63, 3.8) is 0 Å². The fourth-order valence-electron chi connectivity index (χ4n) is 0.443. The molecule has 68 valence electrons. The molecule has 4 nitrogen and oxygen atoms in total. The second-order valence-electron chi connectivity index (χ2n) is 2.30. The maximum Gasteiger partial charge on any atom is 0.315 e. The second-order valence-corrected chi connectivity index (χ2v) is 2.69. The smallest absolute Gasteiger partial charge is 0.315 e. The Morgan fingerprint density at radius 1 is 1.33 bits per heavy atom. The molecule has 0 aliphatic rings. The van der Waals surface area contributed by atoms with Crippen LogP contribution < -0.4 is 0 Å². The number of hydrogen-bond acceptors (Lipinski definition) is 4. The van der Waals surface area contributed by atoms with Crippen LogP contribution in [0.4, 0.5) is 0 Å². The molecule has 0 amide bonds. The zero-order valence-electron chi connectivity index (χ0n) is 6.80. The van der Waals surface area contributed by atoms with Crippen LogP contribution in [-0.4, -0.2) is 23.1 Å². The Labute approximate surface area is 74.8 Å². The van der Waals surface area contributed by atoms with Crippen LogP contribution in [0.1, 0.15) is 20.3 Å². The average Bonchev–Trinajstić information content (AvgIpc) is 1.84. The van der Waals surface area contributed by atoms with Crippen LogP contribution >= 0.6 is 11.6 Å². The van der Waals surface area contributed by atoms with Crippen molar-refractivity contribution in [1.29, 1.82) is 0 Å². The molecule has 0 saturated heterocycles. The third-order valence-electron chi connectivity index (χ3n) is 0.948. The minimum atomic E-state index is -1.28. The van der Waals surface area contributed by atoms with Crippen LogP contribution in [0.15, 0.2) is 0 Å². The van der Waals surface area contributed by atoms with Gasteiger partial charge in [-0.05, 0) is 13.8 Å². The van der Waals surface area contributed by atoms with Gasteiger partial charge in [0.15, 0.2) is 5.78 Å². The molecule has 0 N–H and O–H groups in total. The highest BCUT2D eigenvalue weighted by atomic mass is 35.5. The number of hydrogen-bond donors (Lipinski definition) is 0. The Hall–Kier alpha value is -0.900. The van der Waals surface area contributed by atoms with E-state index in [0.717, 1.165) is 0 Å². The van der Waals surface area contributed by atoms with E-state index in [0.29, 0.717) is 0 Å². The Kier molecular flexibility index (Phi) is 4.51. The number of halogens is 1. The van der Waals surface area contributed by atoms with Gasteiger partial charge in [-0.3, -0.25) is 14.4 Å². The van der Waals surface area contributed by atoms with Crippen molar-refractivity contribution in [1.82, 2.24) is 0 Å². The summed E-state index contributed by atoms with van der Waals surface area (Å²) in [5, 5.41) is 0. The lowest BCUT2D eigenvalue weighted by molar-refractivity contribution is -0.151. The van der Waals surface area contributed by atoms with Gasteiger partial charge in [0, 0.05) is 0 Å². The minimum Gasteiger partial charge on any atom is -0.438 e. The van der Waals surface area contributed by atoms with E-state index in [1.807, 2.05) is 0 Å². The van der Waals surface area contributed by atoms with Gasteiger partial charge < -0.3 is 4.74 Å². The Balaban J connectivity index is 3.85. The molecule has 5 heteroatoms. The number of Topliss-reactive ketones (excluding diaryl/α,β-unsaturated/α-hetero) is 2. The van der Waals surface area contributed by atoms with Gasteiger partial charge in [-0.1, -0.05) is 11.6 Å². The summed E-state index contributed by atoms with van der Waals surface area (Å²) in [6, 6.07) is 0. The predicted molar refractivity (Wildman–Crippen MR) is 41.7 cm³/mol. The third kappa shape index (κ3) is 4.85. The molecule has 12 heavy (non-hydrogen) atoms. The first kappa shape index (κ1) is 11.1. The van der Waals surface area contributed by atoms with Crippen molar-refractivity contribution in [3.8, 4) is 0 Å². The predicted octanol–water partition coefficient (Wildman–Crippen LogP) is 0.663. The molecule has 0 fully saturated rings. The fourth-order valence-corrected chi connectivity index (χ4v) is 0.543. The van der Waals surface area contributed by atoms with Crippen molar-refractivity contribution in [3.05, 3.63) is 0 Å². The van der Waals surface area contributed by atoms with Crippen LogP contribution in [0.2, 0.25) is 0 Å². The molecule has 0 heterocycles. The topological polar surface area (TPSA) is 60.4 Å². The average molecular weight is 193 g/mol. The Bertz CT molecular complexity index is 211. The zero-order valence-corrected chi connectivity index (χ0v) is 7.55. The maximum atomic E-state index is 10.7. The van der Waals surface area contributed by atoms with Crippen LogP contribution in [0.25, 0.3) is 0 Å². The SMILES string of the molecule is CC(=O)CC(=O)OC(Cl)C(C)=O. The van der Waals surface area contributed by atoms with E-state index in [1.54, 1.807) is 0 Å². The molecule has 0 spiro atoms. The third-order valence-corrected chi connectivity index (χ3v) is 1.34. The molecule has 1 atom stereocenters. The summed E-state index contributed by atoms with van der Waals surface area (Å²) in [5.74, 6) is -1.57. The van der Waals surface area contributed by atoms with Gasteiger partial charge in [0.25, 0.3) is 0 Å². The Morgan fingerprint density at radius 2 is 1.83 bits per heavy atom. The van der Waals surface area contributed by atoms with E-state index in [9.17, 15) is 14.4 Å². The van der Waals surface area contributed by atoms with Gasteiger partial charge in [0.2, 0.25) is 5.56 Å².